The van der Waals surface area contributed by atoms with Crippen molar-refractivity contribution in [3.05, 3.63) is 40.9 Å². The van der Waals surface area contributed by atoms with Crippen molar-refractivity contribution < 1.29 is 9.53 Å². The molecule has 0 fully saturated rings. The van der Waals surface area contributed by atoms with Gasteiger partial charge in [0.05, 0.1) is 19.2 Å². The quantitative estimate of drug-likeness (QED) is 0.793. The predicted octanol–water partition coefficient (Wildman–Crippen LogP) is 3.22. The summed E-state index contributed by atoms with van der Waals surface area (Å²) in [5, 5.41) is 1.01. The molecule has 0 saturated carbocycles. The number of methoxy groups -OCH3 is 1. The van der Waals surface area contributed by atoms with Gasteiger partial charge in [-0.2, -0.15) is 0 Å². The van der Waals surface area contributed by atoms with Crippen LogP contribution in [0.25, 0.3) is 10.6 Å². The van der Waals surface area contributed by atoms with E-state index in [0.717, 1.165) is 21.1 Å². The van der Waals surface area contributed by atoms with Crippen LogP contribution in [0.1, 0.15) is 17.0 Å². The molecule has 0 aliphatic rings. The number of nitrogens with zero attached hydrogens (tertiary/aromatic N) is 1. The van der Waals surface area contributed by atoms with Gasteiger partial charge in [-0.05, 0) is 13.3 Å². The molecule has 94 valence electrons. The van der Waals surface area contributed by atoms with Crippen LogP contribution in [-0.2, 0) is 16.0 Å². The number of carbonyl (C=O) groups is 1. The van der Waals surface area contributed by atoms with Crippen molar-refractivity contribution >= 4 is 17.3 Å². The standard InChI is InChI=1S/C14H15NO2S/c1-10-12(8-9-13(16)17-2)18-14(15-10)11-6-4-3-5-7-11/h3-7H,8-9H2,1-2H3. The van der Waals surface area contributed by atoms with Crippen LogP contribution in [-0.4, -0.2) is 18.1 Å². The van der Waals surface area contributed by atoms with Gasteiger partial charge in [-0.3, -0.25) is 4.79 Å². The monoisotopic (exact) mass is 261 g/mol. The van der Waals surface area contributed by atoms with Crippen molar-refractivity contribution in [3.63, 3.8) is 0 Å². The second kappa shape index (κ2) is 5.78. The van der Waals surface area contributed by atoms with Crippen LogP contribution in [0.3, 0.4) is 0 Å². The fraction of sp³-hybridized carbons (Fsp3) is 0.286. The molecule has 0 amide bonds. The maximum Gasteiger partial charge on any atom is 0.305 e. The Kier molecular flexibility index (Phi) is 4.10. The third kappa shape index (κ3) is 2.96. The van der Waals surface area contributed by atoms with Crippen LogP contribution < -0.4 is 0 Å². The van der Waals surface area contributed by atoms with Crippen LogP contribution in [0.15, 0.2) is 30.3 Å². The zero-order valence-corrected chi connectivity index (χ0v) is 11.3. The summed E-state index contributed by atoms with van der Waals surface area (Å²) >= 11 is 1.65. The van der Waals surface area contributed by atoms with E-state index in [-0.39, 0.29) is 5.97 Å². The number of carbonyl (C=O) groups excluding carboxylic acids is 1. The summed E-state index contributed by atoms with van der Waals surface area (Å²) in [4.78, 5) is 16.8. The summed E-state index contributed by atoms with van der Waals surface area (Å²) in [7, 11) is 1.41. The first-order valence-electron chi connectivity index (χ1n) is 5.79. The van der Waals surface area contributed by atoms with Gasteiger partial charge in [0.15, 0.2) is 0 Å². The molecule has 0 unspecified atom stereocenters. The maximum absolute atomic E-state index is 11.1. The highest BCUT2D eigenvalue weighted by Crippen LogP contribution is 2.28. The second-order valence-electron chi connectivity index (χ2n) is 3.97. The number of benzene rings is 1. The largest absolute Gasteiger partial charge is 0.469 e. The van der Waals surface area contributed by atoms with E-state index >= 15 is 0 Å². The fourth-order valence-electron chi connectivity index (χ4n) is 1.68. The maximum atomic E-state index is 11.1. The van der Waals surface area contributed by atoms with E-state index in [1.54, 1.807) is 11.3 Å². The van der Waals surface area contributed by atoms with Crippen molar-refractivity contribution in [2.24, 2.45) is 0 Å². The Bertz CT molecular complexity index is 534. The minimum atomic E-state index is -0.177. The summed E-state index contributed by atoms with van der Waals surface area (Å²) in [5.74, 6) is -0.177. The zero-order valence-electron chi connectivity index (χ0n) is 10.5. The third-order valence-corrected chi connectivity index (χ3v) is 3.96. The highest BCUT2D eigenvalue weighted by molar-refractivity contribution is 7.15. The Balaban J connectivity index is 2.15. The van der Waals surface area contributed by atoms with Crippen molar-refractivity contribution in [3.8, 4) is 10.6 Å². The lowest BCUT2D eigenvalue weighted by atomic mass is 10.2. The Morgan fingerprint density at radius 3 is 2.72 bits per heavy atom. The number of thiazole rings is 1. The molecule has 4 heteroatoms. The Hall–Kier alpha value is -1.68. The van der Waals surface area contributed by atoms with Crippen LogP contribution in [0.2, 0.25) is 0 Å². The second-order valence-corrected chi connectivity index (χ2v) is 5.05. The predicted molar refractivity (Wildman–Crippen MR) is 72.6 cm³/mol. The van der Waals surface area contributed by atoms with Gasteiger partial charge in [-0.15, -0.1) is 11.3 Å². The van der Waals surface area contributed by atoms with E-state index in [2.05, 4.69) is 9.72 Å². The first-order valence-corrected chi connectivity index (χ1v) is 6.61. The lowest BCUT2D eigenvalue weighted by Gasteiger charge is -1.97. The number of aryl methyl sites for hydroxylation is 2. The van der Waals surface area contributed by atoms with Gasteiger partial charge in [0.2, 0.25) is 0 Å². The van der Waals surface area contributed by atoms with Crippen molar-refractivity contribution in [2.75, 3.05) is 7.11 Å². The smallest absolute Gasteiger partial charge is 0.305 e. The summed E-state index contributed by atoms with van der Waals surface area (Å²) in [6.45, 7) is 1.98. The van der Waals surface area contributed by atoms with Crippen LogP contribution in [0.5, 0.6) is 0 Å². The van der Waals surface area contributed by atoms with Crippen molar-refractivity contribution in [1.82, 2.24) is 4.98 Å². The highest BCUT2D eigenvalue weighted by Gasteiger charge is 2.10. The summed E-state index contributed by atoms with van der Waals surface area (Å²) in [6.07, 6.45) is 1.11. The number of rotatable bonds is 4. The molecule has 2 aromatic rings. The van der Waals surface area contributed by atoms with Gasteiger partial charge in [0, 0.05) is 10.4 Å². The fourth-order valence-corrected chi connectivity index (χ4v) is 2.75. The molecule has 0 radical (unpaired) electrons. The lowest BCUT2D eigenvalue weighted by molar-refractivity contribution is -0.140. The molecule has 0 bridgehead atoms. The average molecular weight is 261 g/mol. The highest BCUT2D eigenvalue weighted by atomic mass is 32.1. The Morgan fingerprint density at radius 1 is 1.33 bits per heavy atom. The summed E-state index contributed by atoms with van der Waals surface area (Å²) in [5.41, 5.74) is 2.12. The van der Waals surface area contributed by atoms with Crippen molar-refractivity contribution in [1.29, 1.82) is 0 Å². The molecule has 0 aliphatic heterocycles. The first-order chi connectivity index (χ1) is 8.70. The zero-order chi connectivity index (χ0) is 13.0. The normalized spacial score (nSPS) is 10.3. The van der Waals surface area contributed by atoms with Gasteiger partial charge >= 0.3 is 5.97 Å². The van der Waals surface area contributed by atoms with E-state index in [1.165, 1.54) is 7.11 Å². The van der Waals surface area contributed by atoms with Crippen LogP contribution >= 0.6 is 11.3 Å². The molecule has 0 N–H and O–H groups in total. The molecule has 0 aliphatic carbocycles. The number of hydrogen-bond acceptors (Lipinski definition) is 4. The number of hydrogen-bond donors (Lipinski definition) is 0. The van der Waals surface area contributed by atoms with E-state index in [0.29, 0.717) is 12.8 Å². The molecular formula is C14H15NO2S. The molecule has 1 aromatic heterocycles. The summed E-state index contributed by atoms with van der Waals surface area (Å²) in [6, 6.07) is 10.1. The van der Waals surface area contributed by atoms with E-state index in [4.69, 9.17) is 0 Å². The van der Waals surface area contributed by atoms with Gasteiger partial charge < -0.3 is 4.74 Å². The minimum Gasteiger partial charge on any atom is -0.469 e. The van der Waals surface area contributed by atoms with E-state index in [1.807, 2.05) is 37.3 Å². The lowest BCUT2D eigenvalue weighted by Crippen LogP contribution is -2.01. The SMILES string of the molecule is COC(=O)CCc1sc(-c2ccccc2)nc1C. The molecule has 2 rings (SSSR count). The van der Waals surface area contributed by atoms with Gasteiger partial charge in [-0.1, -0.05) is 30.3 Å². The van der Waals surface area contributed by atoms with Gasteiger partial charge in [-0.25, -0.2) is 4.98 Å². The number of aromatic nitrogens is 1. The first kappa shape index (κ1) is 12.8. The molecule has 3 nitrogen and oxygen atoms in total. The Morgan fingerprint density at radius 2 is 2.06 bits per heavy atom. The van der Waals surface area contributed by atoms with Crippen LogP contribution in [0.4, 0.5) is 0 Å². The molecular weight excluding hydrogens is 246 g/mol. The molecule has 1 aromatic carbocycles. The third-order valence-electron chi connectivity index (χ3n) is 2.70. The van der Waals surface area contributed by atoms with E-state index in [9.17, 15) is 4.79 Å². The van der Waals surface area contributed by atoms with Crippen molar-refractivity contribution in [2.45, 2.75) is 19.8 Å². The topological polar surface area (TPSA) is 39.2 Å². The molecule has 1 heterocycles. The molecule has 18 heavy (non-hydrogen) atoms. The number of ether oxygens (including phenoxy) is 1. The van der Waals surface area contributed by atoms with Gasteiger partial charge in [0.1, 0.15) is 5.01 Å². The summed E-state index contributed by atoms with van der Waals surface area (Å²) < 4.78 is 4.65. The number of esters is 1. The van der Waals surface area contributed by atoms with Gasteiger partial charge in [0.25, 0.3) is 0 Å². The molecule has 0 spiro atoms. The van der Waals surface area contributed by atoms with Crippen LogP contribution in [0, 0.1) is 6.92 Å². The molecule has 0 saturated heterocycles. The Labute approximate surface area is 110 Å². The molecule has 0 atom stereocenters. The van der Waals surface area contributed by atoms with E-state index < -0.39 is 0 Å². The average Bonchev–Trinajstić information content (AvgIpc) is 2.78. The minimum absolute atomic E-state index is 0.177.